The average Bonchev–Trinajstić information content (AvgIpc) is 2.45. The Morgan fingerprint density at radius 3 is 1.55 bits per heavy atom. The van der Waals surface area contributed by atoms with Crippen LogP contribution in [-0.4, -0.2) is 17.0 Å². The zero-order valence-corrected chi connectivity index (χ0v) is 15.9. The molecule has 0 bridgehead atoms. The summed E-state index contributed by atoms with van der Waals surface area (Å²) in [4.78, 5) is 23.4. The van der Waals surface area contributed by atoms with Crippen LogP contribution in [0.2, 0.25) is 0 Å². The Balaban J connectivity index is 2.89. The maximum atomic E-state index is 5.93. The highest BCUT2D eigenvalue weighted by molar-refractivity contribution is 4.90. The van der Waals surface area contributed by atoms with Crippen molar-refractivity contribution >= 4 is 0 Å². The minimum Gasteiger partial charge on any atom is -0.228 e. The number of hydrogen-bond acceptors (Lipinski definition) is 4. The summed E-state index contributed by atoms with van der Waals surface area (Å²) in [6.45, 7) is 16.6. The van der Waals surface area contributed by atoms with Crippen LogP contribution in [0, 0.1) is 5.41 Å². The maximum Gasteiger partial charge on any atom is 0.238 e. The van der Waals surface area contributed by atoms with E-state index in [1.165, 1.54) is 6.42 Å². The van der Waals surface area contributed by atoms with Gasteiger partial charge in [0, 0.05) is 11.8 Å². The largest absolute Gasteiger partial charge is 0.238 e. The Kier molecular flexibility index (Phi) is 6.48. The molecule has 0 heterocycles. The van der Waals surface area contributed by atoms with Crippen LogP contribution in [0.4, 0.5) is 0 Å². The molecular weight excluding hydrogens is 280 g/mol. The van der Waals surface area contributed by atoms with Crippen molar-refractivity contribution < 1.29 is 19.6 Å². The van der Waals surface area contributed by atoms with E-state index < -0.39 is 5.79 Å². The molecule has 1 fully saturated rings. The lowest BCUT2D eigenvalue weighted by atomic mass is 9.72. The van der Waals surface area contributed by atoms with Gasteiger partial charge in [-0.3, -0.25) is 0 Å². The van der Waals surface area contributed by atoms with Gasteiger partial charge in [0.2, 0.25) is 5.79 Å². The quantitative estimate of drug-likeness (QED) is 0.334. The maximum absolute atomic E-state index is 5.93. The lowest BCUT2D eigenvalue weighted by Gasteiger charge is -2.48. The highest BCUT2D eigenvalue weighted by Gasteiger charge is 2.53. The Hall–Kier alpha value is -0.160. The predicted molar refractivity (Wildman–Crippen MR) is 88.1 cm³/mol. The third-order valence-electron chi connectivity index (χ3n) is 5.10. The molecule has 0 aromatic rings. The third kappa shape index (κ3) is 4.92. The molecule has 132 valence electrons. The van der Waals surface area contributed by atoms with E-state index in [9.17, 15) is 0 Å². The van der Waals surface area contributed by atoms with Gasteiger partial charge in [0.15, 0.2) is 0 Å². The summed E-state index contributed by atoms with van der Waals surface area (Å²) in [6, 6.07) is 0. The zero-order valence-electron chi connectivity index (χ0n) is 15.9. The van der Waals surface area contributed by atoms with Gasteiger partial charge >= 0.3 is 0 Å². The Morgan fingerprint density at radius 1 is 0.773 bits per heavy atom. The van der Waals surface area contributed by atoms with E-state index in [0.717, 1.165) is 32.1 Å². The summed E-state index contributed by atoms with van der Waals surface area (Å²) in [5.41, 5.74) is -0.854. The summed E-state index contributed by atoms with van der Waals surface area (Å²) in [5, 5.41) is 0. The highest BCUT2D eigenvalue weighted by Crippen LogP contribution is 2.48. The Morgan fingerprint density at radius 2 is 1.18 bits per heavy atom. The van der Waals surface area contributed by atoms with Crippen LogP contribution < -0.4 is 0 Å². The van der Waals surface area contributed by atoms with E-state index in [-0.39, 0.29) is 16.6 Å². The van der Waals surface area contributed by atoms with Crippen molar-refractivity contribution in [2.45, 2.75) is 111 Å². The van der Waals surface area contributed by atoms with E-state index in [2.05, 4.69) is 27.7 Å². The molecule has 1 aliphatic carbocycles. The average molecular weight is 316 g/mol. The predicted octanol–water partition coefficient (Wildman–Crippen LogP) is 5.56. The van der Waals surface area contributed by atoms with Gasteiger partial charge in [0.25, 0.3) is 0 Å². The van der Waals surface area contributed by atoms with E-state index in [4.69, 9.17) is 19.6 Å². The van der Waals surface area contributed by atoms with Crippen LogP contribution in [0.1, 0.15) is 93.9 Å². The molecule has 4 heteroatoms. The molecular formula is C18H36O4. The molecule has 22 heavy (non-hydrogen) atoms. The van der Waals surface area contributed by atoms with Crippen molar-refractivity contribution in [3.05, 3.63) is 0 Å². The fourth-order valence-electron chi connectivity index (χ4n) is 2.25. The molecule has 4 nitrogen and oxygen atoms in total. The van der Waals surface area contributed by atoms with Crippen molar-refractivity contribution in [3.8, 4) is 0 Å². The molecule has 0 aromatic heterocycles. The summed E-state index contributed by atoms with van der Waals surface area (Å²) < 4.78 is 0. The van der Waals surface area contributed by atoms with Crippen LogP contribution in [0.5, 0.6) is 0 Å². The topological polar surface area (TPSA) is 36.9 Å². The summed E-state index contributed by atoms with van der Waals surface area (Å²) in [5.74, 6) is -0.857. The van der Waals surface area contributed by atoms with Gasteiger partial charge in [-0.1, -0.05) is 34.1 Å². The first-order chi connectivity index (χ1) is 9.99. The summed E-state index contributed by atoms with van der Waals surface area (Å²) >= 11 is 0. The fourth-order valence-corrected chi connectivity index (χ4v) is 2.25. The molecule has 0 unspecified atom stereocenters. The molecule has 1 rings (SSSR count). The Labute approximate surface area is 136 Å². The smallest absolute Gasteiger partial charge is 0.228 e. The van der Waals surface area contributed by atoms with Crippen LogP contribution in [0.15, 0.2) is 0 Å². The summed E-state index contributed by atoms with van der Waals surface area (Å²) in [6.07, 6.45) is 5.76. The van der Waals surface area contributed by atoms with Gasteiger partial charge in [-0.05, 0) is 53.4 Å². The van der Waals surface area contributed by atoms with Gasteiger partial charge in [-0.25, -0.2) is 9.78 Å². The van der Waals surface area contributed by atoms with Crippen LogP contribution in [0.25, 0.3) is 0 Å². The molecule has 0 saturated heterocycles. The van der Waals surface area contributed by atoms with Crippen molar-refractivity contribution in [2.75, 3.05) is 0 Å². The van der Waals surface area contributed by atoms with Gasteiger partial charge in [-0.15, -0.1) is 0 Å². The molecule has 0 radical (unpaired) electrons. The molecule has 0 atom stereocenters. The SMILES string of the molecule is CCC(C)(C)OOC1(OOC(C)(C)CC)CCCCC1(C)C. The molecule has 0 aliphatic heterocycles. The first kappa shape index (κ1) is 19.9. The van der Waals surface area contributed by atoms with Crippen molar-refractivity contribution in [2.24, 2.45) is 5.41 Å². The van der Waals surface area contributed by atoms with Crippen LogP contribution >= 0.6 is 0 Å². The molecule has 0 spiro atoms. The lowest BCUT2D eigenvalue weighted by Crippen LogP contribution is -2.53. The van der Waals surface area contributed by atoms with Gasteiger partial charge in [0.05, 0.1) is 11.2 Å². The Bertz CT molecular complexity index is 327. The van der Waals surface area contributed by atoms with E-state index in [1.54, 1.807) is 0 Å². The molecule has 0 amide bonds. The number of rotatable bonds is 8. The summed E-state index contributed by atoms with van der Waals surface area (Å²) in [7, 11) is 0. The minimum atomic E-state index is -0.857. The monoisotopic (exact) mass is 316 g/mol. The van der Waals surface area contributed by atoms with Gasteiger partial charge in [0.1, 0.15) is 0 Å². The second-order valence-corrected chi connectivity index (χ2v) is 8.40. The first-order valence-corrected chi connectivity index (χ1v) is 8.73. The zero-order chi connectivity index (χ0) is 17.1. The molecule has 1 saturated carbocycles. The van der Waals surface area contributed by atoms with Gasteiger partial charge in [-0.2, -0.15) is 9.78 Å². The van der Waals surface area contributed by atoms with Crippen molar-refractivity contribution in [1.29, 1.82) is 0 Å². The van der Waals surface area contributed by atoms with Crippen molar-refractivity contribution in [3.63, 3.8) is 0 Å². The van der Waals surface area contributed by atoms with Gasteiger partial charge < -0.3 is 0 Å². The second kappa shape index (κ2) is 7.16. The molecule has 1 aliphatic rings. The van der Waals surface area contributed by atoms with E-state index in [0.29, 0.717) is 0 Å². The first-order valence-electron chi connectivity index (χ1n) is 8.73. The minimum absolute atomic E-state index is 0.168. The standard InChI is InChI=1S/C18H36O4/c1-9-16(5,6)19-21-18(22-20-17(7,8)10-2)14-12-11-13-15(18,3)4/h9-14H2,1-8H3. The van der Waals surface area contributed by atoms with Crippen molar-refractivity contribution in [1.82, 2.24) is 0 Å². The highest BCUT2D eigenvalue weighted by atomic mass is 17.3. The van der Waals surface area contributed by atoms with Crippen LogP contribution in [0.3, 0.4) is 0 Å². The third-order valence-corrected chi connectivity index (χ3v) is 5.10. The number of hydrogen-bond donors (Lipinski definition) is 0. The lowest BCUT2D eigenvalue weighted by molar-refractivity contribution is -0.567. The fraction of sp³-hybridized carbons (Fsp3) is 1.00. The molecule has 0 N–H and O–H groups in total. The van der Waals surface area contributed by atoms with Crippen LogP contribution in [-0.2, 0) is 19.6 Å². The normalized spacial score (nSPS) is 21.8. The second-order valence-electron chi connectivity index (χ2n) is 8.40. The molecule has 0 aromatic carbocycles. The van der Waals surface area contributed by atoms with E-state index >= 15 is 0 Å². The van der Waals surface area contributed by atoms with E-state index in [1.807, 2.05) is 27.7 Å².